The maximum atomic E-state index is 12.2. The molecule has 108 valence electrons. The van der Waals surface area contributed by atoms with Crippen LogP contribution in [0.25, 0.3) is 10.9 Å². The van der Waals surface area contributed by atoms with Gasteiger partial charge in [-0.25, -0.2) is 4.79 Å². The average Bonchev–Trinajstić information content (AvgIpc) is 2.89. The van der Waals surface area contributed by atoms with Crippen LogP contribution in [0.3, 0.4) is 0 Å². The number of carbonyl (C=O) groups is 2. The number of aromatic amines is 1. The molecule has 1 atom stereocenters. The fourth-order valence-corrected chi connectivity index (χ4v) is 2.18. The molecule has 2 rings (SSSR count). The summed E-state index contributed by atoms with van der Waals surface area (Å²) in [6.45, 7) is 0.0817. The van der Waals surface area contributed by atoms with E-state index in [2.05, 4.69) is 21.5 Å². The van der Waals surface area contributed by atoms with Gasteiger partial charge in [-0.1, -0.05) is 24.1 Å². The first-order valence-electron chi connectivity index (χ1n) is 6.37. The van der Waals surface area contributed by atoms with Crippen LogP contribution in [0.2, 0.25) is 0 Å². The first-order valence-corrected chi connectivity index (χ1v) is 6.37. The summed E-state index contributed by atoms with van der Waals surface area (Å²) in [5.41, 5.74) is 1.62. The second kappa shape index (κ2) is 6.48. The van der Waals surface area contributed by atoms with Crippen LogP contribution >= 0.6 is 0 Å². The topological polar surface area (TPSA) is 94.2 Å². The maximum absolute atomic E-state index is 12.2. The van der Waals surface area contributed by atoms with E-state index in [9.17, 15) is 9.59 Å². The third-order valence-corrected chi connectivity index (χ3v) is 3.14. The lowest BCUT2D eigenvalue weighted by molar-refractivity contribution is -0.122. The number of nitrogens with one attached hydrogen (secondary N) is 3. The predicted octanol–water partition coefficient (Wildman–Crippen LogP) is 1.27. The molecule has 1 aromatic heterocycles. The number of carbonyl (C=O) groups excluding carboxylic acids is 1. The Morgan fingerprint density at radius 1 is 1.33 bits per heavy atom. The summed E-state index contributed by atoms with van der Waals surface area (Å²) < 4.78 is 0. The zero-order chi connectivity index (χ0) is 15.2. The van der Waals surface area contributed by atoms with Gasteiger partial charge in [-0.3, -0.25) is 4.79 Å². The van der Waals surface area contributed by atoms with Crippen LogP contribution < -0.4 is 10.6 Å². The highest BCUT2D eigenvalue weighted by Gasteiger charge is 2.23. The molecule has 0 fully saturated rings. The van der Waals surface area contributed by atoms with Crippen molar-refractivity contribution in [2.45, 2.75) is 5.92 Å². The number of carboxylic acid groups (broad SMARTS) is 1. The van der Waals surface area contributed by atoms with Gasteiger partial charge in [-0.05, 0) is 11.6 Å². The van der Waals surface area contributed by atoms with Crippen molar-refractivity contribution in [2.24, 2.45) is 0 Å². The van der Waals surface area contributed by atoms with Crippen LogP contribution in [0, 0.1) is 12.3 Å². The van der Waals surface area contributed by atoms with E-state index < -0.39 is 12.0 Å². The fraction of sp³-hybridized carbons (Fsp3) is 0.200. The van der Waals surface area contributed by atoms with E-state index in [1.807, 2.05) is 24.3 Å². The van der Waals surface area contributed by atoms with Gasteiger partial charge in [0.15, 0.2) is 0 Å². The first-order chi connectivity index (χ1) is 10.1. The van der Waals surface area contributed by atoms with Crippen molar-refractivity contribution in [1.29, 1.82) is 0 Å². The largest absolute Gasteiger partial charge is 0.465 e. The van der Waals surface area contributed by atoms with Crippen molar-refractivity contribution < 1.29 is 14.7 Å². The Balaban J connectivity index is 2.31. The van der Waals surface area contributed by atoms with Crippen LogP contribution in [0.4, 0.5) is 4.79 Å². The van der Waals surface area contributed by atoms with Crippen LogP contribution in [0.15, 0.2) is 30.5 Å². The molecule has 1 unspecified atom stereocenters. The molecule has 0 saturated heterocycles. The van der Waals surface area contributed by atoms with Gasteiger partial charge in [-0.15, -0.1) is 6.42 Å². The van der Waals surface area contributed by atoms with Gasteiger partial charge < -0.3 is 20.7 Å². The number of amides is 2. The summed E-state index contributed by atoms with van der Waals surface area (Å²) in [5.74, 6) is 1.36. The molecule has 0 aliphatic rings. The molecule has 0 aliphatic heterocycles. The van der Waals surface area contributed by atoms with Crippen molar-refractivity contribution in [3.05, 3.63) is 36.0 Å². The molecule has 6 nitrogen and oxygen atoms in total. The lowest BCUT2D eigenvalue weighted by Gasteiger charge is -2.15. The lowest BCUT2D eigenvalue weighted by atomic mass is 9.97. The molecule has 0 bridgehead atoms. The molecule has 0 radical (unpaired) electrons. The van der Waals surface area contributed by atoms with E-state index in [-0.39, 0.29) is 19.0 Å². The van der Waals surface area contributed by atoms with Crippen molar-refractivity contribution in [3.63, 3.8) is 0 Å². The fourth-order valence-electron chi connectivity index (χ4n) is 2.18. The Bertz CT molecular complexity index is 699. The van der Waals surface area contributed by atoms with Gasteiger partial charge in [0.2, 0.25) is 5.91 Å². The van der Waals surface area contributed by atoms with E-state index in [0.29, 0.717) is 0 Å². The highest BCUT2D eigenvalue weighted by Crippen LogP contribution is 2.25. The first kappa shape index (κ1) is 14.5. The third kappa shape index (κ3) is 3.34. The Hall–Kier alpha value is -2.94. The van der Waals surface area contributed by atoms with Gasteiger partial charge in [0.1, 0.15) is 0 Å². The number of H-pyrrole nitrogens is 1. The van der Waals surface area contributed by atoms with Gasteiger partial charge in [0, 0.05) is 23.6 Å². The zero-order valence-corrected chi connectivity index (χ0v) is 11.2. The number of benzene rings is 1. The second-order valence-electron chi connectivity index (χ2n) is 4.45. The molecule has 6 heteroatoms. The Morgan fingerprint density at radius 2 is 2.10 bits per heavy atom. The SMILES string of the molecule is C#CCNC(=O)C(CNC(=O)O)c1c[nH]c2ccccc12. The third-order valence-electron chi connectivity index (χ3n) is 3.14. The van der Waals surface area contributed by atoms with E-state index in [0.717, 1.165) is 16.5 Å². The van der Waals surface area contributed by atoms with Gasteiger partial charge >= 0.3 is 6.09 Å². The molecule has 2 amide bonds. The van der Waals surface area contributed by atoms with Crippen molar-refractivity contribution >= 4 is 22.9 Å². The maximum Gasteiger partial charge on any atom is 0.404 e. The summed E-state index contributed by atoms with van der Waals surface area (Å²) in [7, 11) is 0. The highest BCUT2D eigenvalue weighted by molar-refractivity contribution is 5.92. The lowest BCUT2D eigenvalue weighted by Crippen LogP contribution is -2.37. The molecular formula is C15H15N3O3. The highest BCUT2D eigenvalue weighted by atomic mass is 16.4. The number of terminal acetylenes is 1. The molecule has 1 heterocycles. The van der Waals surface area contributed by atoms with E-state index in [1.165, 1.54) is 0 Å². The summed E-state index contributed by atoms with van der Waals surface area (Å²) in [4.78, 5) is 26.0. The van der Waals surface area contributed by atoms with Crippen molar-refractivity contribution in [1.82, 2.24) is 15.6 Å². The zero-order valence-electron chi connectivity index (χ0n) is 11.2. The molecule has 0 aliphatic carbocycles. The average molecular weight is 285 g/mol. The minimum absolute atomic E-state index is 0.0203. The minimum Gasteiger partial charge on any atom is -0.465 e. The number of rotatable bonds is 5. The Labute approximate surface area is 121 Å². The molecule has 21 heavy (non-hydrogen) atoms. The Kier molecular flexibility index (Phi) is 4.46. The van der Waals surface area contributed by atoms with Crippen molar-refractivity contribution in [2.75, 3.05) is 13.1 Å². The molecule has 2 aromatic rings. The second-order valence-corrected chi connectivity index (χ2v) is 4.45. The van der Waals surface area contributed by atoms with E-state index >= 15 is 0 Å². The summed E-state index contributed by atoms with van der Waals surface area (Å²) in [6.07, 6.45) is 5.67. The standard InChI is InChI=1S/C15H15N3O3/c1-2-7-16-14(19)12(9-18-15(20)21)11-8-17-13-6-4-3-5-10(11)13/h1,3-6,8,12,17-18H,7,9H2,(H,16,19)(H,20,21). The number of para-hydroxylation sites is 1. The molecule has 1 aromatic carbocycles. The summed E-state index contributed by atoms with van der Waals surface area (Å²) >= 11 is 0. The van der Waals surface area contributed by atoms with Gasteiger partial charge in [0.25, 0.3) is 0 Å². The molecule has 4 N–H and O–H groups in total. The molecular weight excluding hydrogens is 270 g/mol. The number of hydrogen-bond donors (Lipinski definition) is 4. The normalized spacial score (nSPS) is 11.6. The van der Waals surface area contributed by atoms with Crippen LogP contribution in [-0.2, 0) is 4.79 Å². The van der Waals surface area contributed by atoms with Gasteiger partial charge in [-0.2, -0.15) is 0 Å². The number of aromatic nitrogens is 1. The monoisotopic (exact) mass is 285 g/mol. The van der Waals surface area contributed by atoms with Crippen LogP contribution in [0.1, 0.15) is 11.5 Å². The quantitative estimate of drug-likeness (QED) is 0.623. The smallest absolute Gasteiger partial charge is 0.404 e. The van der Waals surface area contributed by atoms with Crippen LogP contribution in [0.5, 0.6) is 0 Å². The molecule has 0 saturated carbocycles. The van der Waals surface area contributed by atoms with E-state index in [1.54, 1.807) is 6.20 Å². The molecule has 0 spiro atoms. The van der Waals surface area contributed by atoms with Gasteiger partial charge in [0.05, 0.1) is 12.5 Å². The predicted molar refractivity (Wildman–Crippen MR) is 78.9 cm³/mol. The van der Waals surface area contributed by atoms with E-state index in [4.69, 9.17) is 11.5 Å². The Morgan fingerprint density at radius 3 is 2.81 bits per heavy atom. The summed E-state index contributed by atoms with van der Waals surface area (Å²) in [5, 5.41) is 14.5. The number of fused-ring (bicyclic) bond motifs is 1. The minimum atomic E-state index is -1.18. The number of hydrogen-bond acceptors (Lipinski definition) is 2. The van der Waals surface area contributed by atoms with Crippen LogP contribution in [-0.4, -0.2) is 35.2 Å². The summed E-state index contributed by atoms with van der Waals surface area (Å²) in [6, 6.07) is 7.51. The van der Waals surface area contributed by atoms with Crippen molar-refractivity contribution in [3.8, 4) is 12.3 Å².